The molecular formula is C13H10FIN2O. The Hall–Kier alpha value is -1.50. The van der Waals surface area contributed by atoms with Gasteiger partial charge in [0.1, 0.15) is 5.82 Å². The van der Waals surface area contributed by atoms with Gasteiger partial charge in [-0.3, -0.25) is 9.78 Å². The summed E-state index contributed by atoms with van der Waals surface area (Å²) in [4.78, 5) is 16.1. The third-order valence-corrected chi connectivity index (χ3v) is 3.32. The summed E-state index contributed by atoms with van der Waals surface area (Å²) in [7, 11) is 0. The van der Waals surface area contributed by atoms with E-state index < -0.39 is 0 Å². The molecule has 92 valence electrons. The molecule has 1 amide bonds. The Labute approximate surface area is 118 Å². The topological polar surface area (TPSA) is 42.0 Å². The maximum atomic E-state index is 13.0. The predicted octanol–water partition coefficient (Wildman–Crippen LogP) is 3.39. The molecule has 0 bridgehead atoms. The van der Waals surface area contributed by atoms with Gasteiger partial charge in [-0.25, -0.2) is 4.39 Å². The number of amides is 1. The van der Waals surface area contributed by atoms with Gasteiger partial charge in [0.15, 0.2) is 0 Å². The van der Waals surface area contributed by atoms with Crippen LogP contribution in [0.1, 0.15) is 16.1 Å². The normalized spacial score (nSPS) is 10.2. The molecule has 18 heavy (non-hydrogen) atoms. The van der Waals surface area contributed by atoms with Crippen LogP contribution in [-0.4, -0.2) is 10.9 Å². The summed E-state index contributed by atoms with van der Waals surface area (Å²) in [6.07, 6.45) is 1.66. The predicted molar refractivity (Wildman–Crippen MR) is 76.0 cm³/mol. The summed E-state index contributed by atoms with van der Waals surface area (Å²) in [6.45, 7) is 1.81. The number of carbonyl (C=O) groups is 1. The highest BCUT2D eigenvalue weighted by molar-refractivity contribution is 14.1. The van der Waals surface area contributed by atoms with Crippen LogP contribution in [0.25, 0.3) is 0 Å². The highest BCUT2D eigenvalue weighted by Crippen LogP contribution is 2.17. The van der Waals surface area contributed by atoms with Crippen LogP contribution >= 0.6 is 22.6 Å². The van der Waals surface area contributed by atoms with Gasteiger partial charge in [-0.05, 0) is 59.8 Å². The number of hydrogen-bond acceptors (Lipinski definition) is 2. The SMILES string of the molecule is Cc1ncccc1NC(=O)c1ccc(F)cc1I. The van der Waals surface area contributed by atoms with E-state index in [0.717, 1.165) is 5.69 Å². The Morgan fingerprint density at radius 3 is 2.83 bits per heavy atom. The zero-order valence-electron chi connectivity index (χ0n) is 9.58. The first-order chi connectivity index (χ1) is 8.58. The van der Waals surface area contributed by atoms with Crippen LogP contribution in [0.15, 0.2) is 36.5 Å². The standard InChI is InChI=1S/C13H10FIN2O/c1-8-12(3-2-6-16-8)17-13(18)10-5-4-9(14)7-11(10)15/h2-7H,1H3,(H,17,18). The van der Waals surface area contributed by atoms with Crippen molar-refractivity contribution in [2.75, 3.05) is 5.32 Å². The lowest BCUT2D eigenvalue weighted by atomic mass is 10.2. The van der Waals surface area contributed by atoms with Crippen molar-refractivity contribution in [3.05, 3.63) is 57.2 Å². The van der Waals surface area contributed by atoms with Crippen LogP contribution < -0.4 is 5.32 Å². The van der Waals surface area contributed by atoms with Crippen LogP contribution in [-0.2, 0) is 0 Å². The largest absolute Gasteiger partial charge is 0.320 e. The summed E-state index contributed by atoms with van der Waals surface area (Å²) < 4.78 is 13.5. The quantitative estimate of drug-likeness (QED) is 0.839. The lowest BCUT2D eigenvalue weighted by Gasteiger charge is -2.08. The van der Waals surface area contributed by atoms with E-state index in [9.17, 15) is 9.18 Å². The van der Waals surface area contributed by atoms with Crippen molar-refractivity contribution in [3.8, 4) is 0 Å². The van der Waals surface area contributed by atoms with Crippen molar-refractivity contribution >= 4 is 34.2 Å². The van der Waals surface area contributed by atoms with E-state index >= 15 is 0 Å². The Balaban J connectivity index is 2.25. The average molecular weight is 356 g/mol. The smallest absolute Gasteiger partial charge is 0.256 e. The van der Waals surface area contributed by atoms with Crippen LogP contribution in [0.2, 0.25) is 0 Å². The number of aryl methyl sites for hydroxylation is 1. The summed E-state index contributed by atoms with van der Waals surface area (Å²) in [6, 6.07) is 7.59. The van der Waals surface area contributed by atoms with Crippen molar-refractivity contribution in [1.29, 1.82) is 0 Å². The molecule has 2 aromatic rings. The third kappa shape index (κ3) is 2.84. The third-order valence-electron chi connectivity index (χ3n) is 2.43. The highest BCUT2D eigenvalue weighted by atomic mass is 127. The maximum absolute atomic E-state index is 13.0. The minimum Gasteiger partial charge on any atom is -0.320 e. The van der Waals surface area contributed by atoms with Gasteiger partial charge >= 0.3 is 0 Å². The van der Waals surface area contributed by atoms with Crippen LogP contribution in [0.3, 0.4) is 0 Å². The molecule has 1 heterocycles. The van der Waals surface area contributed by atoms with Crippen molar-refractivity contribution in [2.24, 2.45) is 0 Å². The van der Waals surface area contributed by atoms with Crippen molar-refractivity contribution in [3.63, 3.8) is 0 Å². The lowest BCUT2D eigenvalue weighted by molar-refractivity contribution is 0.102. The van der Waals surface area contributed by atoms with E-state index in [4.69, 9.17) is 0 Å². The molecule has 0 fully saturated rings. The maximum Gasteiger partial charge on any atom is 0.256 e. The summed E-state index contributed by atoms with van der Waals surface area (Å²) >= 11 is 1.94. The Bertz CT molecular complexity index is 601. The monoisotopic (exact) mass is 356 g/mol. The number of anilines is 1. The van der Waals surface area contributed by atoms with Crippen molar-refractivity contribution in [1.82, 2.24) is 4.98 Å². The molecule has 2 rings (SSSR count). The van der Waals surface area contributed by atoms with Crippen LogP contribution in [0.4, 0.5) is 10.1 Å². The summed E-state index contributed by atoms with van der Waals surface area (Å²) in [5, 5.41) is 2.76. The fraction of sp³-hybridized carbons (Fsp3) is 0.0769. The number of benzene rings is 1. The second-order valence-electron chi connectivity index (χ2n) is 3.71. The van der Waals surface area contributed by atoms with Crippen LogP contribution in [0.5, 0.6) is 0 Å². The van der Waals surface area contributed by atoms with E-state index in [0.29, 0.717) is 14.8 Å². The molecule has 0 aliphatic heterocycles. The molecule has 0 saturated heterocycles. The van der Waals surface area contributed by atoms with E-state index in [1.54, 1.807) is 18.3 Å². The minimum atomic E-state index is -0.353. The summed E-state index contributed by atoms with van der Waals surface area (Å²) in [5.41, 5.74) is 1.84. The summed E-state index contributed by atoms with van der Waals surface area (Å²) in [5.74, 6) is -0.621. The van der Waals surface area contributed by atoms with Gasteiger partial charge in [-0.1, -0.05) is 0 Å². The fourth-order valence-electron chi connectivity index (χ4n) is 1.48. The molecule has 3 nitrogen and oxygen atoms in total. The molecule has 0 atom stereocenters. The van der Waals surface area contributed by atoms with Gasteiger partial charge in [-0.2, -0.15) is 0 Å². The molecule has 1 N–H and O–H groups in total. The molecule has 1 aromatic carbocycles. The number of hydrogen-bond donors (Lipinski definition) is 1. The van der Waals surface area contributed by atoms with Gasteiger partial charge in [0.2, 0.25) is 0 Å². The molecule has 0 unspecified atom stereocenters. The molecule has 0 aliphatic carbocycles. The van der Waals surface area contributed by atoms with Crippen LogP contribution in [0, 0.1) is 16.3 Å². The number of nitrogens with one attached hydrogen (secondary N) is 1. The molecule has 0 aliphatic rings. The zero-order valence-corrected chi connectivity index (χ0v) is 11.7. The fourth-order valence-corrected chi connectivity index (χ4v) is 2.20. The van der Waals surface area contributed by atoms with Gasteiger partial charge in [0, 0.05) is 9.77 Å². The Kier molecular flexibility index (Phi) is 3.90. The molecule has 0 radical (unpaired) electrons. The van der Waals surface area contributed by atoms with Gasteiger partial charge in [0.05, 0.1) is 16.9 Å². The number of rotatable bonds is 2. The molecule has 0 saturated carbocycles. The van der Waals surface area contributed by atoms with Gasteiger partial charge in [-0.15, -0.1) is 0 Å². The first kappa shape index (κ1) is 12.9. The zero-order chi connectivity index (χ0) is 13.1. The van der Waals surface area contributed by atoms with E-state index in [2.05, 4.69) is 10.3 Å². The van der Waals surface area contributed by atoms with E-state index in [1.807, 2.05) is 29.5 Å². The number of carbonyl (C=O) groups excluding carboxylic acids is 1. The van der Waals surface area contributed by atoms with Crippen molar-refractivity contribution in [2.45, 2.75) is 6.92 Å². The number of pyridine rings is 1. The molecular weight excluding hydrogens is 346 g/mol. The Morgan fingerprint density at radius 2 is 2.17 bits per heavy atom. The number of nitrogens with zero attached hydrogens (tertiary/aromatic N) is 1. The molecule has 0 spiro atoms. The first-order valence-electron chi connectivity index (χ1n) is 5.26. The minimum absolute atomic E-state index is 0.268. The van der Waals surface area contributed by atoms with Gasteiger partial charge in [0.25, 0.3) is 5.91 Å². The lowest BCUT2D eigenvalue weighted by Crippen LogP contribution is -2.14. The van der Waals surface area contributed by atoms with E-state index in [-0.39, 0.29) is 11.7 Å². The highest BCUT2D eigenvalue weighted by Gasteiger charge is 2.11. The van der Waals surface area contributed by atoms with Crippen molar-refractivity contribution < 1.29 is 9.18 Å². The second kappa shape index (κ2) is 5.43. The molecule has 5 heteroatoms. The number of halogens is 2. The Morgan fingerprint density at radius 1 is 1.39 bits per heavy atom. The van der Waals surface area contributed by atoms with Gasteiger partial charge < -0.3 is 5.32 Å². The molecule has 1 aromatic heterocycles. The number of aromatic nitrogens is 1. The first-order valence-corrected chi connectivity index (χ1v) is 6.34. The van der Waals surface area contributed by atoms with E-state index in [1.165, 1.54) is 18.2 Å². The average Bonchev–Trinajstić information content (AvgIpc) is 2.32. The second-order valence-corrected chi connectivity index (χ2v) is 4.88.